The summed E-state index contributed by atoms with van der Waals surface area (Å²) < 4.78 is 11.5. The minimum absolute atomic E-state index is 0.0665. The quantitative estimate of drug-likeness (QED) is 0.410. The van der Waals surface area contributed by atoms with E-state index in [1.165, 1.54) is 0 Å². The van der Waals surface area contributed by atoms with Crippen molar-refractivity contribution < 1.29 is 14.3 Å². The minimum Gasteiger partial charge on any atom is -0.410 e. The number of carbonyl (C=O) groups excluding carboxylic acids is 1. The van der Waals surface area contributed by atoms with E-state index < -0.39 is 0 Å². The Kier molecular flexibility index (Phi) is 12.4. The Morgan fingerprint density at radius 1 is 1.03 bits per heavy atom. The van der Waals surface area contributed by atoms with Gasteiger partial charge in [0.05, 0.1) is 12.2 Å². The van der Waals surface area contributed by atoms with E-state index in [1.807, 2.05) is 69.7 Å². The van der Waals surface area contributed by atoms with Crippen LogP contribution in [0.1, 0.15) is 74.8 Å². The lowest BCUT2D eigenvalue weighted by Gasteiger charge is -2.30. The molecule has 1 aromatic rings. The summed E-state index contributed by atoms with van der Waals surface area (Å²) in [6, 6.07) is 7.54. The molecule has 1 aromatic carbocycles. The van der Waals surface area contributed by atoms with Crippen molar-refractivity contribution in [2.24, 2.45) is 0 Å². The zero-order valence-electron chi connectivity index (χ0n) is 20.2. The lowest BCUT2D eigenvalue weighted by Crippen LogP contribution is -2.41. The van der Waals surface area contributed by atoms with Gasteiger partial charge in [0.25, 0.3) is 0 Å². The summed E-state index contributed by atoms with van der Waals surface area (Å²) in [5.74, 6) is 0.544. The highest BCUT2D eigenvalue weighted by Gasteiger charge is 2.25. The third kappa shape index (κ3) is 12.4. The first-order chi connectivity index (χ1) is 13.3. The molecule has 1 rings (SSSR count). The Bertz CT molecular complexity index is 592. The highest BCUT2D eigenvalue weighted by molar-refractivity contribution is 8.77. The highest BCUT2D eigenvalue weighted by atomic mass is 33.1. The number of nitrogens with zero attached hydrogens (tertiary/aromatic N) is 1. The molecule has 6 heteroatoms. The monoisotopic (exact) mass is 443 g/mol. The third-order valence-corrected chi connectivity index (χ3v) is 7.82. The fourth-order valence-electron chi connectivity index (χ4n) is 1.91. The van der Waals surface area contributed by atoms with Gasteiger partial charge in [-0.3, -0.25) is 0 Å². The molecule has 2 atom stereocenters. The number of ether oxygens (including phenoxy) is 2. The normalized spacial score (nSPS) is 13.8. The summed E-state index contributed by atoms with van der Waals surface area (Å²) in [7, 11) is 5.43. The standard InChI is InChI=1S/C21H35NO3S2.C2H6/c1-15(16(2)26-27-21(6,7)8)22(9)19(23)25-18-12-10-17(11-13-18)14-24-20(3,4)5;1-2/h10-13,15-16H,14H2,1-9H3;1-2H3. The van der Waals surface area contributed by atoms with Crippen molar-refractivity contribution >= 4 is 27.7 Å². The number of amides is 1. The minimum atomic E-state index is -0.339. The van der Waals surface area contributed by atoms with Gasteiger partial charge in [0.2, 0.25) is 0 Å². The molecule has 0 saturated carbocycles. The second-order valence-corrected chi connectivity index (χ2v) is 12.2. The molecule has 0 saturated heterocycles. The SMILES string of the molecule is CC.CC(SSC(C)(C)C)C(C)N(C)C(=O)Oc1ccc(COC(C)(C)C)cc1. The predicted molar refractivity (Wildman–Crippen MR) is 130 cm³/mol. The van der Waals surface area contributed by atoms with Crippen molar-refractivity contribution in [1.29, 1.82) is 0 Å². The van der Waals surface area contributed by atoms with Crippen LogP contribution in [-0.4, -0.2) is 39.7 Å². The molecular weight excluding hydrogens is 402 g/mol. The summed E-state index contributed by atoms with van der Waals surface area (Å²) in [5.41, 5.74) is 0.875. The first kappa shape index (κ1) is 28.1. The summed E-state index contributed by atoms with van der Waals surface area (Å²) in [6.07, 6.45) is -0.339. The van der Waals surface area contributed by atoms with Gasteiger partial charge in [-0.1, -0.05) is 75.3 Å². The van der Waals surface area contributed by atoms with E-state index in [-0.39, 0.29) is 22.5 Å². The Labute approximate surface area is 186 Å². The van der Waals surface area contributed by atoms with Crippen LogP contribution < -0.4 is 4.74 Å². The van der Waals surface area contributed by atoms with E-state index in [2.05, 4.69) is 34.6 Å². The number of benzene rings is 1. The van der Waals surface area contributed by atoms with Gasteiger partial charge in [-0.15, -0.1) is 0 Å². The van der Waals surface area contributed by atoms with Gasteiger partial charge in [0.1, 0.15) is 5.75 Å². The molecule has 0 aliphatic carbocycles. The van der Waals surface area contributed by atoms with E-state index in [9.17, 15) is 4.79 Å². The molecule has 0 aromatic heterocycles. The molecule has 4 nitrogen and oxygen atoms in total. The second kappa shape index (κ2) is 12.8. The van der Waals surface area contributed by atoms with Crippen molar-refractivity contribution in [3.63, 3.8) is 0 Å². The van der Waals surface area contributed by atoms with Crippen LogP contribution in [0.3, 0.4) is 0 Å². The smallest absolute Gasteiger partial charge is 0.410 e. The van der Waals surface area contributed by atoms with E-state index >= 15 is 0 Å². The molecule has 0 spiro atoms. The van der Waals surface area contributed by atoms with Crippen LogP contribution in [-0.2, 0) is 11.3 Å². The summed E-state index contributed by atoms with van der Waals surface area (Å²) in [4.78, 5) is 14.1. The number of carbonyl (C=O) groups is 1. The van der Waals surface area contributed by atoms with Crippen molar-refractivity contribution in [3.05, 3.63) is 29.8 Å². The van der Waals surface area contributed by atoms with Crippen molar-refractivity contribution in [1.82, 2.24) is 4.90 Å². The van der Waals surface area contributed by atoms with Gasteiger partial charge in [0, 0.05) is 23.1 Å². The van der Waals surface area contributed by atoms with Crippen LogP contribution >= 0.6 is 21.6 Å². The maximum atomic E-state index is 12.5. The molecule has 29 heavy (non-hydrogen) atoms. The molecule has 0 aliphatic heterocycles. The maximum Gasteiger partial charge on any atom is 0.415 e. The largest absolute Gasteiger partial charge is 0.415 e. The van der Waals surface area contributed by atoms with Gasteiger partial charge < -0.3 is 14.4 Å². The van der Waals surface area contributed by atoms with Gasteiger partial charge in [-0.25, -0.2) is 4.79 Å². The van der Waals surface area contributed by atoms with Gasteiger partial charge in [-0.2, -0.15) is 0 Å². The fourth-order valence-corrected chi connectivity index (χ4v) is 4.50. The molecule has 0 heterocycles. The van der Waals surface area contributed by atoms with Crippen LogP contribution in [0.25, 0.3) is 0 Å². The maximum absolute atomic E-state index is 12.5. The lowest BCUT2D eigenvalue weighted by atomic mass is 10.2. The Morgan fingerprint density at radius 2 is 1.55 bits per heavy atom. The average Bonchev–Trinajstić information content (AvgIpc) is 2.64. The lowest BCUT2D eigenvalue weighted by molar-refractivity contribution is -0.0149. The van der Waals surface area contributed by atoms with E-state index in [4.69, 9.17) is 9.47 Å². The first-order valence-corrected chi connectivity index (χ1v) is 12.5. The van der Waals surface area contributed by atoms with E-state index in [1.54, 1.807) is 22.7 Å². The van der Waals surface area contributed by atoms with Gasteiger partial charge >= 0.3 is 6.09 Å². The summed E-state index contributed by atoms with van der Waals surface area (Å²) in [6.45, 7) is 21.4. The zero-order chi connectivity index (χ0) is 22.8. The Hall–Kier alpha value is -0.850. The molecule has 0 radical (unpaired) electrons. The highest BCUT2D eigenvalue weighted by Crippen LogP contribution is 2.39. The molecule has 168 valence electrons. The predicted octanol–water partition coefficient (Wildman–Crippen LogP) is 7.42. The molecule has 0 N–H and O–H groups in total. The number of hydrogen-bond acceptors (Lipinski definition) is 5. The van der Waals surface area contributed by atoms with Gasteiger partial charge in [-0.05, 0) is 45.4 Å². The average molecular weight is 444 g/mol. The van der Waals surface area contributed by atoms with Gasteiger partial charge in [0.15, 0.2) is 0 Å². The van der Waals surface area contributed by atoms with Crippen LogP contribution in [0.2, 0.25) is 0 Å². The molecule has 0 aliphatic rings. The fraction of sp³-hybridized carbons (Fsp3) is 0.696. The van der Waals surface area contributed by atoms with Crippen molar-refractivity contribution in [3.8, 4) is 5.75 Å². The van der Waals surface area contributed by atoms with Crippen LogP contribution in [0.15, 0.2) is 24.3 Å². The van der Waals surface area contributed by atoms with E-state index in [0.29, 0.717) is 17.6 Å². The summed E-state index contributed by atoms with van der Waals surface area (Å²) >= 11 is 0. The molecule has 2 unspecified atom stereocenters. The zero-order valence-corrected chi connectivity index (χ0v) is 21.8. The molecule has 0 bridgehead atoms. The second-order valence-electron chi connectivity index (χ2n) is 8.76. The van der Waals surface area contributed by atoms with Crippen molar-refractivity contribution in [2.75, 3.05) is 7.05 Å². The first-order valence-electron chi connectivity index (χ1n) is 10.3. The van der Waals surface area contributed by atoms with Crippen molar-refractivity contribution in [2.45, 2.75) is 97.5 Å². The Morgan fingerprint density at radius 3 is 2.00 bits per heavy atom. The Balaban J connectivity index is 0.00000379. The number of hydrogen-bond donors (Lipinski definition) is 0. The van der Waals surface area contributed by atoms with E-state index in [0.717, 1.165) is 5.56 Å². The van der Waals surface area contributed by atoms with Crippen LogP contribution in [0.5, 0.6) is 5.75 Å². The molecule has 1 amide bonds. The number of rotatable bonds is 7. The van der Waals surface area contributed by atoms with Crippen LogP contribution in [0, 0.1) is 0 Å². The topological polar surface area (TPSA) is 38.8 Å². The van der Waals surface area contributed by atoms with Crippen LogP contribution in [0.4, 0.5) is 4.79 Å². The summed E-state index contributed by atoms with van der Waals surface area (Å²) in [5, 5.41) is 0.295. The third-order valence-electron chi connectivity index (χ3n) is 3.83. The molecular formula is C23H41NO3S2. The molecule has 0 fully saturated rings.